The first-order valence-electron chi connectivity index (χ1n) is 9.31. The van der Waals surface area contributed by atoms with Crippen LogP contribution in [0.5, 0.6) is 0 Å². The molecule has 1 unspecified atom stereocenters. The number of aromatic nitrogens is 2. The minimum atomic E-state index is -0.376. The highest BCUT2D eigenvalue weighted by Crippen LogP contribution is 2.45. The molecule has 1 fully saturated rings. The van der Waals surface area contributed by atoms with Crippen LogP contribution in [0.4, 0.5) is 11.5 Å². The van der Waals surface area contributed by atoms with Crippen LogP contribution >= 0.6 is 23.2 Å². The standard InChI is InChI=1S/C20H24Cl2N4/c1-3-20(23,11-13-4-5-13)18-15-8-9-26(19(15)25-12(2)24-18)17-7-6-14(21)10-16(17)22/h6-7,10,13H,3-5,8-9,11,23H2,1-2H3. The van der Waals surface area contributed by atoms with Gasteiger partial charge in [0.1, 0.15) is 11.6 Å². The van der Waals surface area contributed by atoms with Crippen LogP contribution in [0.1, 0.15) is 49.7 Å². The van der Waals surface area contributed by atoms with E-state index in [-0.39, 0.29) is 5.54 Å². The average molecular weight is 391 g/mol. The second-order valence-electron chi connectivity index (χ2n) is 7.58. The second-order valence-corrected chi connectivity index (χ2v) is 8.42. The van der Waals surface area contributed by atoms with E-state index < -0.39 is 0 Å². The van der Waals surface area contributed by atoms with Crippen LogP contribution in [0.2, 0.25) is 10.0 Å². The molecule has 26 heavy (non-hydrogen) atoms. The van der Waals surface area contributed by atoms with Gasteiger partial charge < -0.3 is 10.6 Å². The van der Waals surface area contributed by atoms with E-state index >= 15 is 0 Å². The molecular formula is C20H24Cl2N4. The molecule has 2 aliphatic rings. The van der Waals surface area contributed by atoms with Gasteiger partial charge in [0.2, 0.25) is 0 Å². The normalized spacial score (nSPS) is 18.7. The molecule has 138 valence electrons. The molecule has 2 aromatic rings. The predicted molar refractivity (Wildman–Crippen MR) is 107 cm³/mol. The average Bonchev–Trinajstić information content (AvgIpc) is 3.31. The number of nitrogens with two attached hydrogens (primary N) is 1. The highest BCUT2D eigenvalue weighted by atomic mass is 35.5. The Morgan fingerprint density at radius 3 is 2.69 bits per heavy atom. The zero-order chi connectivity index (χ0) is 18.5. The number of benzene rings is 1. The summed E-state index contributed by atoms with van der Waals surface area (Å²) in [7, 11) is 0. The smallest absolute Gasteiger partial charge is 0.140 e. The first-order chi connectivity index (χ1) is 12.4. The summed E-state index contributed by atoms with van der Waals surface area (Å²) < 4.78 is 0. The topological polar surface area (TPSA) is 55.0 Å². The van der Waals surface area contributed by atoms with Gasteiger partial charge in [-0.15, -0.1) is 0 Å². The molecule has 0 bridgehead atoms. The summed E-state index contributed by atoms with van der Waals surface area (Å²) in [6.45, 7) is 4.93. The van der Waals surface area contributed by atoms with E-state index in [9.17, 15) is 0 Å². The monoisotopic (exact) mass is 390 g/mol. The molecule has 0 spiro atoms. The molecule has 0 amide bonds. The van der Waals surface area contributed by atoms with E-state index in [2.05, 4.69) is 11.8 Å². The zero-order valence-electron chi connectivity index (χ0n) is 15.2. The van der Waals surface area contributed by atoms with Crippen molar-refractivity contribution in [2.45, 2.75) is 51.5 Å². The van der Waals surface area contributed by atoms with Crippen molar-refractivity contribution >= 4 is 34.7 Å². The molecule has 0 saturated heterocycles. The van der Waals surface area contributed by atoms with Crippen molar-refractivity contribution in [3.05, 3.63) is 45.3 Å². The summed E-state index contributed by atoms with van der Waals surface area (Å²) in [5.41, 5.74) is 9.64. The van der Waals surface area contributed by atoms with Crippen LogP contribution in [0, 0.1) is 12.8 Å². The third kappa shape index (κ3) is 3.19. The van der Waals surface area contributed by atoms with E-state index in [1.165, 1.54) is 18.4 Å². The maximum absolute atomic E-state index is 6.88. The Morgan fingerprint density at radius 2 is 2.04 bits per heavy atom. The molecule has 1 aromatic heterocycles. The summed E-state index contributed by atoms with van der Waals surface area (Å²) in [6.07, 6.45) is 5.35. The largest absolute Gasteiger partial charge is 0.324 e. The van der Waals surface area contributed by atoms with E-state index in [0.717, 1.165) is 54.7 Å². The third-order valence-electron chi connectivity index (χ3n) is 5.59. The predicted octanol–water partition coefficient (Wildman–Crippen LogP) is 5.15. The molecular weight excluding hydrogens is 367 g/mol. The van der Waals surface area contributed by atoms with Gasteiger partial charge in [-0.2, -0.15) is 0 Å². The number of fused-ring (bicyclic) bond motifs is 1. The van der Waals surface area contributed by atoms with Crippen LogP contribution in [-0.4, -0.2) is 16.5 Å². The molecule has 2 N–H and O–H groups in total. The van der Waals surface area contributed by atoms with E-state index in [1.54, 1.807) is 6.07 Å². The maximum atomic E-state index is 6.88. The SMILES string of the molecule is CCC(N)(CC1CC1)c1nc(C)nc2c1CCN2c1ccc(Cl)cc1Cl. The Hall–Kier alpha value is -1.36. The van der Waals surface area contributed by atoms with Crippen LogP contribution in [0.25, 0.3) is 0 Å². The highest BCUT2D eigenvalue weighted by molar-refractivity contribution is 6.36. The van der Waals surface area contributed by atoms with Crippen molar-refractivity contribution in [1.29, 1.82) is 0 Å². The lowest BCUT2D eigenvalue weighted by Gasteiger charge is -2.30. The number of anilines is 2. The van der Waals surface area contributed by atoms with Gasteiger partial charge in [0.15, 0.2) is 0 Å². The van der Waals surface area contributed by atoms with Gasteiger partial charge in [-0.1, -0.05) is 43.0 Å². The summed E-state index contributed by atoms with van der Waals surface area (Å²) >= 11 is 12.5. The van der Waals surface area contributed by atoms with Gasteiger partial charge in [0.25, 0.3) is 0 Å². The molecule has 1 aromatic carbocycles. The molecule has 1 atom stereocenters. The Balaban J connectivity index is 1.79. The van der Waals surface area contributed by atoms with Crippen molar-refractivity contribution in [2.75, 3.05) is 11.4 Å². The minimum Gasteiger partial charge on any atom is -0.324 e. The van der Waals surface area contributed by atoms with Gasteiger partial charge in [0, 0.05) is 17.1 Å². The molecule has 1 aliphatic carbocycles. The lowest BCUT2D eigenvalue weighted by Crippen LogP contribution is -2.39. The second kappa shape index (κ2) is 6.66. The van der Waals surface area contributed by atoms with Gasteiger partial charge in [-0.25, -0.2) is 9.97 Å². The fourth-order valence-corrected chi connectivity index (χ4v) is 4.47. The Morgan fingerprint density at radius 1 is 1.27 bits per heavy atom. The van der Waals surface area contributed by atoms with Crippen molar-refractivity contribution in [1.82, 2.24) is 9.97 Å². The van der Waals surface area contributed by atoms with Crippen LogP contribution < -0.4 is 10.6 Å². The molecule has 6 heteroatoms. The lowest BCUT2D eigenvalue weighted by atomic mass is 9.84. The number of rotatable bonds is 5. The van der Waals surface area contributed by atoms with E-state index in [1.807, 2.05) is 19.1 Å². The number of halogens is 2. The Bertz CT molecular complexity index is 850. The van der Waals surface area contributed by atoms with Crippen LogP contribution in [-0.2, 0) is 12.0 Å². The number of nitrogens with zero attached hydrogens (tertiary/aromatic N) is 3. The molecule has 1 saturated carbocycles. The molecule has 0 radical (unpaired) electrons. The van der Waals surface area contributed by atoms with Gasteiger partial charge >= 0.3 is 0 Å². The fraction of sp³-hybridized carbons (Fsp3) is 0.500. The van der Waals surface area contributed by atoms with Crippen molar-refractivity contribution in [3.8, 4) is 0 Å². The molecule has 2 heterocycles. The lowest BCUT2D eigenvalue weighted by molar-refractivity contribution is 0.358. The summed E-state index contributed by atoms with van der Waals surface area (Å²) in [5, 5.41) is 1.27. The molecule has 1 aliphatic heterocycles. The van der Waals surface area contributed by atoms with Gasteiger partial charge in [-0.3, -0.25) is 0 Å². The summed E-state index contributed by atoms with van der Waals surface area (Å²) in [4.78, 5) is 11.7. The number of hydrogen-bond donors (Lipinski definition) is 1. The van der Waals surface area contributed by atoms with Crippen molar-refractivity contribution in [3.63, 3.8) is 0 Å². The number of aryl methyl sites for hydroxylation is 1. The zero-order valence-corrected chi connectivity index (χ0v) is 16.7. The Kier molecular flexibility index (Phi) is 4.62. The van der Waals surface area contributed by atoms with Gasteiger partial charge in [0.05, 0.1) is 21.9 Å². The van der Waals surface area contributed by atoms with E-state index in [4.69, 9.17) is 38.9 Å². The number of hydrogen-bond acceptors (Lipinski definition) is 4. The van der Waals surface area contributed by atoms with Crippen molar-refractivity contribution < 1.29 is 0 Å². The fourth-order valence-electron chi connectivity index (χ4n) is 3.96. The molecule has 4 rings (SSSR count). The van der Waals surface area contributed by atoms with Gasteiger partial charge in [-0.05, 0) is 50.3 Å². The summed E-state index contributed by atoms with van der Waals surface area (Å²) in [6, 6.07) is 5.59. The van der Waals surface area contributed by atoms with Crippen LogP contribution in [0.15, 0.2) is 18.2 Å². The molecule has 4 nitrogen and oxygen atoms in total. The quantitative estimate of drug-likeness (QED) is 0.766. The Labute approximate surface area is 164 Å². The van der Waals surface area contributed by atoms with E-state index in [0.29, 0.717) is 10.0 Å². The van der Waals surface area contributed by atoms with Crippen molar-refractivity contribution in [2.24, 2.45) is 11.7 Å². The first-order valence-corrected chi connectivity index (χ1v) is 10.1. The summed E-state index contributed by atoms with van der Waals surface area (Å²) in [5.74, 6) is 2.44. The van der Waals surface area contributed by atoms with Crippen LogP contribution in [0.3, 0.4) is 0 Å². The highest BCUT2D eigenvalue weighted by Gasteiger charge is 2.39. The maximum Gasteiger partial charge on any atom is 0.140 e. The first kappa shape index (κ1) is 18.0. The third-order valence-corrected chi connectivity index (χ3v) is 6.13. The minimum absolute atomic E-state index is 0.376.